The zero-order chi connectivity index (χ0) is 18.9. The number of halogens is 2. The molecule has 1 aliphatic rings. The van der Waals surface area contributed by atoms with Gasteiger partial charge in [0.1, 0.15) is 0 Å². The number of carbonyl (C=O) groups excluding carboxylic acids is 1. The number of unbranched alkanes of at least 4 members (excludes halogenated alkanes) is 2. The monoisotopic (exact) mass is 444 g/mol. The zero-order valence-corrected chi connectivity index (χ0v) is 17.9. The van der Waals surface area contributed by atoms with Crippen molar-refractivity contribution in [2.24, 2.45) is 0 Å². The Morgan fingerprint density at radius 2 is 2.00 bits per heavy atom. The van der Waals surface area contributed by atoms with E-state index in [-0.39, 0.29) is 5.97 Å². The summed E-state index contributed by atoms with van der Waals surface area (Å²) >= 11 is 9.14. The Balaban J connectivity index is 1.99. The van der Waals surface area contributed by atoms with Gasteiger partial charge in [0.15, 0.2) is 0 Å². The van der Waals surface area contributed by atoms with Crippen LogP contribution in [0.1, 0.15) is 67.3 Å². The second-order valence-electron chi connectivity index (χ2n) is 7.12. The van der Waals surface area contributed by atoms with Crippen molar-refractivity contribution >= 4 is 39.2 Å². The quantitative estimate of drug-likeness (QED) is 0.240. The number of benzene rings is 1. The van der Waals surface area contributed by atoms with Crippen LogP contribution in [0, 0.1) is 0 Å². The van der Waals surface area contributed by atoms with Crippen LogP contribution >= 0.6 is 27.5 Å². The minimum absolute atomic E-state index is 0.293. The van der Waals surface area contributed by atoms with Crippen molar-refractivity contribution < 1.29 is 9.53 Å². The van der Waals surface area contributed by atoms with Gasteiger partial charge in [-0.2, -0.15) is 0 Å². The first-order valence-electron chi connectivity index (χ1n) is 9.54. The molecule has 0 radical (unpaired) electrons. The van der Waals surface area contributed by atoms with E-state index in [1.807, 2.05) is 6.07 Å². The molecule has 1 saturated carbocycles. The molecule has 0 saturated heterocycles. The molecule has 0 heterocycles. The predicted octanol–water partition coefficient (Wildman–Crippen LogP) is 5.36. The minimum atomic E-state index is -0.293. The number of carbonyl (C=O) groups is 1. The molecule has 0 amide bonds. The van der Waals surface area contributed by atoms with Crippen molar-refractivity contribution in [3.8, 4) is 0 Å². The number of rotatable bonds is 9. The topological polar surface area (TPSA) is 55.6 Å². The summed E-state index contributed by atoms with van der Waals surface area (Å²) in [5, 5.41) is 0. The zero-order valence-electron chi connectivity index (χ0n) is 15.6. The van der Waals surface area contributed by atoms with Gasteiger partial charge >= 0.3 is 5.97 Å². The fourth-order valence-electron chi connectivity index (χ4n) is 3.46. The molecule has 26 heavy (non-hydrogen) atoms. The van der Waals surface area contributed by atoms with Gasteiger partial charge in [-0.05, 0) is 72.8 Å². The Morgan fingerprint density at radius 1 is 1.27 bits per heavy atom. The van der Waals surface area contributed by atoms with Crippen LogP contribution in [-0.2, 0) is 11.3 Å². The second-order valence-corrected chi connectivity index (χ2v) is 8.36. The van der Waals surface area contributed by atoms with Crippen molar-refractivity contribution in [1.29, 1.82) is 0 Å². The molecule has 0 aliphatic heterocycles. The molecule has 1 fully saturated rings. The molecule has 6 heteroatoms. The predicted molar refractivity (Wildman–Crippen MR) is 112 cm³/mol. The molecule has 1 aromatic carbocycles. The summed E-state index contributed by atoms with van der Waals surface area (Å²) in [6.45, 7) is 1.17. The summed E-state index contributed by atoms with van der Waals surface area (Å²) in [7, 11) is 2.14. The van der Waals surface area contributed by atoms with Crippen LogP contribution in [0.5, 0.6) is 0 Å². The largest absolute Gasteiger partial charge is 0.462 e. The van der Waals surface area contributed by atoms with Crippen LogP contribution in [-0.4, -0.2) is 36.4 Å². The normalized spacial score (nSPS) is 15.4. The summed E-state index contributed by atoms with van der Waals surface area (Å²) < 4.78 is 6.14. The maximum absolute atomic E-state index is 12.4. The van der Waals surface area contributed by atoms with Gasteiger partial charge in [0.25, 0.3) is 0 Å². The molecule has 1 aromatic rings. The number of hydrogen-bond donors (Lipinski definition) is 1. The molecule has 0 spiro atoms. The van der Waals surface area contributed by atoms with Gasteiger partial charge in [-0.25, -0.2) is 4.79 Å². The average Bonchev–Trinajstić information content (AvgIpc) is 2.65. The Bertz CT molecular complexity index is 591. The maximum Gasteiger partial charge on any atom is 0.338 e. The van der Waals surface area contributed by atoms with Crippen molar-refractivity contribution in [1.82, 2.24) is 4.90 Å². The smallest absolute Gasteiger partial charge is 0.338 e. The molecule has 0 unspecified atom stereocenters. The second kappa shape index (κ2) is 11.2. The molecule has 2 N–H and O–H groups in total. The van der Waals surface area contributed by atoms with Crippen LogP contribution < -0.4 is 5.73 Å². The summed E-state index contributed by atoms with van der Waals surface area (Å²) in [6.07, 6.45) is 9.16. The SMILES string of the molecule is CN(Cc1cc(C(=O)OCCCCCCl)cc(Br)c1N)C1CCCCC1. The van der Waals surface area contributed by atoms with Gasteiger partial charge < -0.3 is 10.5 Å². The van der Waals surface area contributed by atoms with E-state index in [1.54, 1.807) is 6.07 Å². The summed E-state index contributed by atoms with van der Waals surface area (Å²) in [5.41, 5.74) is 8.47. The fourth-order valence-corrected chi connectivity index (χ4v) is 4.15. The van der Waals surface area contributed by atoms with Crippen LogP contribution in [0.15, 0.2) is 16.6 Å². The summed E-state index contributed by atoms with van der Waals surface area (Å²) in [5.74, 6) is 0.356. The lowest BCUT2D eigenvalue weighted by molar-refractivity contribution is 0.0498. The number of esters is 1. The number of nitrogens with zero attached hydrogens (tertiary/aromatic N) is 1. The summed E-state index contributed by atoms with van der Waals surface area (Å²) in [6, 6.07) is 4.22. The maximum atomic E-state index is 12.4. The van der Waals surface area contributed by atoms with E-state index in [9.17, 15) is 4.79 Å². The molecule has 2 rings (SSSR count). The lowest BCUT2D eigenvalue weighted by Gasteiger charge is -2.31. The summed E-state index contributed by atoms with van der Waals surface area (Å²) in [4.78, 5) is 14.7. The van der Waals surface area contributed by atoms with E-state index in [1.165, 1.54) is 32.1 Å². The number of hydrogen-bond acceptors (Lipinski definition) is 4. The van der Waals surface area contributed by atoms with Gasteiger partial charge in [0, 0.05) is 22.9 Å². The van der Waals surface area contributed by atoms with Crippen LogP contribution in [0.2, 0.25) is 0 Å². The van der Waals surface area contributed by atoms with Crippen molar-refractivity contribution in [3.05, 3.63) is 27.7 Å². The van der Waals surface area contributed by atoms with Crippen LogP contribution in [0.3, 0.4) is 0 Å². The first kappa shape index (κ1) is 21.5. The molecule has 1 aliphatic carbocycles. The third-order valence-corrected chi connectivity index (χ3v) is 6.00. The fraction of sp³-hybridized carbons (Fsp3) is 0.650. The molecule has 0 bridgehead atoms. The van der Waals surface area contributed by atoms with Gasteiger partial charge in [-0.15, -0.1) is 11.6 Å². The van der Waals surface area contributed by atoms with E-state index in [0.29, 0.717) is 29.8 Å². The number of ether oxygens (including phenoxy) is 1. The molecule has 0 atom stereocenters. The molecule has 4 nitrogen and oxygen atoms in total. The Kier molecular flexibility index (Phi) is 9.23. The molecular formula is C20H30BrClN2O2. The number of alkyl halides is 1. The van der Waals surface area contributed by atoms with Crippen LogP contribution in [0.25, 0.3) is 0 Å². The van der Waals surface area contributed by atoms with Crippen molar-refractivity contribution in [3.63, 3.8) is 0 Å². The standard InChI is InChI=1S/C20H30BrClN2O2/c1-24(17-8-4-2-5-9-17)14-16-12-15(13-18(21)19(16)23)20(25)26-11-7-3-6-10-22/h12-13,17H,2-11,14,23H2,1H3. The van der Waals surface area contributed by atoms with E-state index in [2.05, 4.69) is 27.9 Å². The lowest BCUT2D eigenvalue weighted by Crippen LogP contribution is -2.33. The van der Waals surface area contributed by atoms with Gasteiger partial charge in [0.05, 0.1) is 17.9 Å². The van der Waals surface area contributed by atoms with Gasteiger partial charge in [-0.3, -0.25) is 4.90 Å². The highest BCUT2D eigenvalue weighted by Gasteiger charge is 2.20. The highest BCUT2D eigenvalue weighted by Crippen LogP contribution is 2.29. The Morgan fingerprint density at radius 3 is 2.69 bits per heavy atom. The van der Waals surface area contributed by atoms with E-state index < -0.39 is 0 Å². The highest BCUT2D eigenvalue weighted by atomic mass is 79.9. The first-order chi connectivity index (χ1) is 12.5. The number of anilines is 1. The number of nitrogen functional groups attached to an aromatic ring is 1. The molecular weight excluding hydrogens is 416 g/mol. The first-order valence-corrected chi connectivity index (χ1v) is 10.9. The Labute approximate surface area is 170 Å². The van der Waals surface area contributed by atoms with E-state index in [4.69, 9.17) is 22.1 Å². The van der Waals surface area contributed by atoms with Gasteiger partial charge in [-0.1, -0.05) is 19.3 Å². The molecule has 0 aromatic heterocycles. The van der Waals surface area contributed by atoms with Gasteiger partial charge in [0.2, 0.25) is 0 Å². The Hall–Kier alpha value is -0.780. The lowest BCUT2D eigenvalue weighted by atomic mass is 9.94. The van der Waals surface area contributed by atoms with Crippen LogP contribution in [0.4, 0.5) is 5.69 Å². The van der Waals surface area contributed by atoms with Crippen molar-refractivity contribution in [2.75, 3.05) is 25.3 Å². The van der Waals surface area contributed by atoms with E-state index >= 15 is 0 Å². The number of nitrogens with two attached hydrogens (primary N) is 1. The average molecular weight is 446 g/mol. The third-order valence-electron chi connectivity index (χ3n) is 5.08. The third kappa shape index (κ3) is 6.43. The van der Waals surface area contributed by atoms with Crippen molar-refractivity contribution in [2.45, 2.75) is 64.0 Å². The van der Waals surface area contributed by atoms with E-state index in [0.717, 1.165) is 35.8 Å². The molecule has 146 valence electrons. The highest BCUT2D eigenvalue weighted by molar-refractivity contribution is 9.10. The minimum Gasteiger partial charge on any atom is -0.462 e.